The second-order valence-corrected chi connectivity index (χ2v) is 6.10. The Bertz CT molecular complexity index is 990. The molecule has 0 unspecified atom stereocenters. The summed E-state index contributed by atoms with van der Waals surface area (Å²) in [4.78, 5) is 26.4. The van der Waals surface area contributed by atoms with Gasteiger partial charge in [-0.3, -0.25) is 4.79 Å². The Labute approximate surface area is 160 Å². The molecule has 7 heteroatoms. The number of hydrogen-bond acceptors (Lipinski definition) is 4. The van der Waals surface area contributed by atoms with Gasteiger partial charge in [0.1, 0.15) is 11.9 Å². The number of carbonyl (C=O) groups is 2. The summed E-state index contributed by atoms with van der Waals surface area (Å²) in [5, 5.41) is 9.69. The zero-order valence-corrected chi connectivity index (χ0v) is 15.1. The Morgan fingerprint density at radius 1 is 1.22 bits per heavy atom. The SMILES string of the molecule is CCOC(=O)/C(C#N)=C1/c2ccccc2C(=O)N1Cc1c(F)cccc1Cl. The quantitative estimate of drug-likeness (QED) is 0.455. The van der Waals surface area contributed by atoms with Gasteiger partial charge in [0, 0.05) is 21.7 Å². The molecule has 2 aromatic rings. The lowest BCUT2D eigenvalue weighted by Gasteiger charge is -2.20. The van der Waals surface area contributed by atoms with E-state index in [4.69, 9.17) is 16.3 Å². The standard InChI is InChI=1S/C20H14ClFN2O3/c1-2-27-20(26)14(10-23)18-12-6-3-4-7-13(12)19(25)24(18)11-15-16(21)8-5-9-17(15)22/h3-9H,2,11H2,1H3/b18-14-. The van der Waals surface area contributed by atoms with Crippen LogP contribution in [0, 0.1) is 17.1 Å². The fourth-order valence-corrected chi connectivity index (χ4v) is 3.15. The van der Waals surface area contributed by atoms with Gasteiger partial charge in [-0.05, 0) is 25.1 Å². The Morgan fingerprint density at radius 3 is 2.56 bits per heavy atom. The second kappa shape index (κ2) is 7.60. The average Bonchev–Trinajstić information content (AvgIpc) is 2.92. The molecule has 1 aliphatic rings. The van der Waals surface area contributed by atoms with Crippen LogP contribution in [-0.2, 0) is 16.1 Å². The third kappa shape index (κ3) is 3.29. The normalized spacial score (nSPS) is 14.6. The number of benzene rings is 2. The van der Waals surface area contributed by atoms with Crippen molar-refractivity contribution >= 4 is 29.2 Å². The monoisotopic (exact) mass is 384 g/mol. The van der Waals surface area contributed by atoms with E-state index in [2.05, 4.69) is 0 Å². The number of nitrogens with zero attached hydrogens (tertiary/aromatic N) is 2. The highest BCUT2D eigenvalue weighted by atomic mass is 35.5. The van der Waals surface area contributed by atoms with E-state index in [1.165, 1.54) is 23.1 Å². The van der Waals surface area contributed by atoms with Crippen LogP contribution in [0.4, 0.5) is 4.39 Å². The molecule has 0 N–H and O–H groups in total. The van der Waals surface area contributed by atoms with Crippen molar-refractivity contribution in [2.75, 3.05) is 6.61 Å². The summed E-state index contributed by atoms with van der Waals surface area (Å²) in [5.74, 6) is -1.87. The minimum atomic E-state index is -0.843. The fourth-order valence-electron chi connectivity index (χ4n) is 2.93. The van der Waals surface area contributed by atoms with Gasteiger partial charge in [-0.15, -0.1) is 0 Å². The highest BCUT2D eigenvalue weighted by Gasteiger charge is 2.37. The molecule has 136 valence electrons. The maximum Gasteiger partial charge on any atom is 0.351 e. The van der Waals surface area contributed by atoms with Crippen LogP contribution in [0.25, 0.3) is 5.70 Å². The second-order valence-electron chi connectivity index (χ2n) is 5.69. The molecule has 0 fully saturated rings. The van der Waals surface area contributed by atoms with Crippen molar-refractivity contribution in [3.63, 3.8) is 0 Å². The van der Waals surface area contributed by atoms with E-state index in [9.17, 15) is 19.2 Å². The minimum Gasteiger partial charge on any atom is -0.462 e. The predicted octanol–water partition coefficient (Wildman–Crippen LogP) is 3.93. The number of fused-ring (bicyclic) bond motifs is 1. The summed E-state index contributed by atoms with van der Waals surface area (Å²) in [7, 11) is 0. The van der Waals surface area contributed by atoms with Gasteiger partial charge in [-0.25, -0.2) is 9.18 Å². The summed E-state index contributed by atoms with van der Waals surface area (Å²) in [6.45, 7) is 1.47. The van der Waals surface area contributed by atoms with Crippen molar-refractivity contribution in [1.82, 2.24) is 4.90 Å². The molecule has 3 rings (SSSR count). The van der Waals surface area contributed by atoms with Crippen LogP contribution < -0.4 is 0 Å². The van der Waals surface area contributed by atoms with Gasteiger partial charge >= 0.3 is 5.97 Å². The molecule has 1 amide bonds. The van der Waals surface area contributed by atoms with Crippen molar-refractivity contribution in [3.8, 4) is 6.07 Å². The summed E-state index contributed by atoms with van der Waals surface area (Å²) < 4.78 is 19.2. The maximum atomic E-state index is 14.3. The number of ether oxygens (including phenoxy) is 1. The van der Waals surface area contributed by atoms with E-state index in [1.54, 1.807) is 31.2 Å². The minimum absolute atomic E-state index is 0.0754. The molecule has 0 aliphatic carbocycles. The number of nitriles is 1. The predicted molar refractivity (Wildman–Crippen MR) is 96.9 cm³/mol. The van der Waals surface area contributed by atoms with Gasteiger partial charge in [0.15, 0.2) is 5.57 Å². The first-order valence-electron chi connectivity index (χ1n) is 8.15. The number of amides is 1. The smallest absolute Gasteiger partial charge is 0.351 e. The fraction of sp³-hybridized carbons (Fsp3) is 0.150. The lowest BCUT2D eigenvalue weighted by atomic mass is 10.0. The summed E-state index contributed by atoms with van der Waals surface area (Å²) in [5.41, 5.74) is 0.606. The number of hydrogen-bond donors (Lipinski definition) is 0. The third-order valence-electron chi connectivity index (χ3n) is 4.13. The summed E-state index contributed by atoms with van der Waals surface area (Å²) in [6, 6.07) is 12.6. The summed E-state index contributed by atoms with van der Waals surface area (Å²) >= 11 is 6.09. The van der Waals surface area contributed by atoms with Crippen molar-refractivity contribution in [2.45, 2.75) is 13.5 Å². The number of halogens is 2. The molecule has 0 saturated heterocycles. The van der Waals surface area contributed by atoms with Crippen molar-refractivity contribution in [2.24, 2.45) is 0 Å². The van der Waals surface area contributed by atoms with E-state index < -0.39 is 17.7 Å². The zero-order valence-electron chi connectivity index (χ0n) is 14.3. The molecular formula is C20H14ClFN2O3. The van der Waals surface area contributed by atoms with Crippen molar-refractivity contribution < 1.29 is 18.7 Å². The number of carbonyl (C=O) groups excluding carboxylic acids is 2. The molecule has 0 saturated carbocycles. The van der Waals surface area contributed by atoms with Gasteiger partial charge in [-0.2, -0.15) is 5.26 Å². The molecule has 1 heterocycles. The number of esters is 1. The van der Waals surface area contributed by atoms with E-state index in [0.29, 0.717) is 11.1 Å². The Balaban J connectivity index is 2.19. The first-order chi connectivity index (χ1) is 13.0. The van der Waals surface area contributed by atoms with E-state index >= 15 is 0 Å². The van der Waals surface area contributed by atoms with E-state index in [0.717, 1.165) is 0 Å². The third-order valence-corrected chi connectivity index (χ3v) is 4.49. The Kier molecular flexibility index (Phi) is 5.24. The van der Waals surface area contributed by atoms with Gasteiger partial charge in [0.05, 0.1) is 18.8 Å². The van der Waals surface area contributed by atoms with Crippen molar-refractivity contribution in [3.05, 3.63) is 75.6 Å². The lowest BCUT2D eigenvalue weighted by Crippen LogP contribution is -2.25. The largest absolute Gasteiger partial charge is 0.462 e. The molecule has 0 atom stereocenters. The molecule has 0 aromatic heterocycles. The van der Waals surface area contributed by atoms with Crippen LogP contribution >= 0.6 is 11.6 Å². The molecule has 1 aliphatic heterocycles. The van der Waals surface area contributed by atoms with Crippen LogP contribution in [0.1, 0.15) is 28.4 Å². The van der Waals surface area contributed by atoms with E-state index in [1.807, 2.05) is 6.07 Å². The molecule has 5 nitrogen and oxygen atoms in total. The molecule has 0 radical (unpaired) electrons. The van der Waals surface area contributed by atoms with Crippen LogP contribution in [0.3, 0.4) is 0 Å². The first-order valence-corrected chi connectivity index (χ1v) is 8.53. The molecule has 27 heavy (non-hydrogen) atoms. The van der Waals surface area contributed by atoms with Gasteiger partial charge in [0.25, 0.3) is 5.91 Å². The topological polar surface area (TPSA) is 70.4 Å². The van der Waals surface area contributed by atoms with Crippen LogP contribution in [0.5, 0.6) is 0 Å². The molecule has 2 aromatic carbocycles. The first kappa shape index (κ1) is 18.6. The van der Waals surface area contributed by atoms with Crippen LogP contribution in [0.2, 0.25) is 5.02 Å². The highest BCUT2D eigenvalue weighted by Crippen LogP contribution is 2.37. The molecule has 0 spiro atoms. The van der Waals surface area contributed by atoms with Gasteiger partial charge in [0.2, 0.25) is 0 Å². The Morgan fingerprint density at radius 2 is 1.93 bits per heavy atom. The average molecular weight is 385 g/mol. The lowest BCUT2D eigenvalue weighted by molar-refractivity contribution is -0.137. The van der Waals surface area contributed by atoms with Crippen LogP contribution in [0.15, 0.2) is 48.0 Å². The zero-order chi connectivity index (χ0) is 19.6. The van der Waals surface area contributed by atoms with Crippen LogP contribution in [-0.4, -0.2) is 23.4 Å². The molecule has 0 bridgehead atoms. The van der Waals surface area contributed by atoms with Crippen molar-refractivity contribution in [1.29, 1.82) is 5.26 Å². The highest BCUT2D eigenvalue weighted by molar-refractivity contribution is 6.31. The summed E-state index contributed by atoms with van der Waals surface area (Å²) in [6.07, 6.45) is 0. The maximum absolute atomic E-state index is 14.3. The number of rotatable bonds is 4. The van der Waals surface area contributed by atoms with E-state index in [-0.39, 0.29) is 35.0 Å². The van der Waals surface area contributed by atoms with Gasteiger partial charge < -0.3 is 9.64 Å². The Hall–Kier alpha value is -3.17. The van der Waals surface area contributed by atoms with Gasteiger partial charge in [-0.1, -0.05) is 35.9 Å². The molecular weight excluding hydrogens is 371 g/mol.